The summed E-state index contributed by atoms with van der Waals surface area (Å²) in [6, 6.07) is 0. The summed E-state index contributed by atoms with van der Waals surface area (Å²) in [6.45, 7) is 5.87. The zero-order chi connectivity index (χ0) is 10.8. The van der Waals surface area contributed by atoms with Gasteiger partial charge in [-0.15, -0.1) is 0 Å². The highest BCUT2D eigenvalue weighted by Gasteiger charge is 2.00. The van der Waals surface area contributed by atoms with Crippen molar-refractivity contribution in [2.75, 3.05) is 19.8 Å². The molecule has 0 rings (SSSR count). The molecule has 0 fully saturated rings. The molecule has 0 atom stereocenters. The number of carbonyl (C=O) groups excluding carboxylic acids is 2. The van der Waals surface area contributed by atoms with E-state index in [0.717, 1.165) is 12.5 Å². The summed E-state index contributed by atoms with van der Waals surface area (Å²) in [4.78, 5) is 21.4. The van der Waals surface area contributed by atoms with Crippen LogP contribution in [0, 0.1) is 0 Å². The monoisotopic (exact) mass is 201 g/mol. The van der Waals surface area contributed by atoms with Gasteiger partial charge < -0.3 is 14.8 Å². The van der Waals surface area contributed by atoms with Crippen LogP contribution in [0.15, 0.2) is 12.7 Å². The Kier molecular flexibility index (Phi) is 7.22. The number of esters is 1. The predicted molar refractivity (Wildman–Crippen MR) is 50.8 cm³/mol. The number of amides is 1. The summed E-state index contributed by atoms with van der Waals surface area (Å²) < 4.78 is 9.33. The first-order chi connectivity index (χ1) is 6.70. The largest absolute Gasteiger partial charge is 0.461 e. The molecule has 0 radical (unpaired) electrons. The highest BCUT2D eigenvalue weighted by atomic mass is 16.6. The molecule has 1 N–H and O–H groups in total. The molecular weight excluding hydrogens is 186 g/mol. The lowest BCUT2D eigenvalue weighted by Gasteiger charge is -2.05. The Morgan fingerprint density at radius 3 is 2.64 bits per heavy atom. The van der Waals surface area contributed by atoms with Gasteiger partial charge in [0.2, 0.25) is 0 Å². The van der Waals surface area contributed by atoms with Crippen molar-refractivity contribution in [3.05, 3.63) is 12.7 Å². The molecule has 0 aromatic rings. The topological polar surface area (TPSA) is 64.6 Å². The van der Waals surface area contributed by atoms with Crippen LogP contribution in [0.25, 0.3) is 0 Å². The van der Waals surface area contributed by atoms with E-state index < -0.39 is 12.1 Å². The minimum absolute atomic E-state index is 0.117. The Hall–Kier alpha value is -1.52. The van der Waals surface area contributed by atoms with Gasteiger partial charge in [0.25, 0.3) is 0 Å². The van der Waals surface area contributed by atoms with Crippen molar-refractivity contribution < 1.29 is 19.1 Å². The zero-order valence-electron chi connectivity index (χ0n) is 8.25. The van der Waals surface area contributed by atoms with Crippen LogP contribution in [-0.2, 0) is 14.3 Å². The van der Waals surface area contributed by atoms with Crippen molar-refractivity contribution in [1.29, 1.82) is 0 Å². The van der Waals surface area contributed by atoms with Crippen molar-refractivity contribution >= 4 is 12.1 Å². The third-order valence-electron chi connectivity index (χ3n) is 1.22. The Labute approximate surface area is 83.1 Å². The molecule has 0 saturated carbocycles. The lowest BCUT2D eigenvalue weighted by Crippen LogP contribution is -2.28. The molecule has 5 nitrogen and oxygen atoms in total. The van der Waals surface area contributed by atoms with E-state index in [-0.39, 0.29) is 13.2 Å². The predicted octanol–water partition coefficient (Wildman–Crippen LogP) is 0.852. The minimum Gasteiger partial charge on any atom is -0.461 e. The highest BCUT2D eigenvalue weighted by Crippen LogP contribution is 1.82. The van der Waals surface area contributed by atoms with Crippen LogP contribution in [0.2, 0.25) is 0 Å². The quantitative estimate of drug-likeness (QED) is 0.393. The fourth-order valence-electron chi connectivity index (χ4n) is 0.609. The molecule has 0 heterocycles. The zero-order valence-corrected chi connectivity index (χ0v) is 8.25. The van der Waals surface area contributed by atoms with E-state index in [0.29, 0.717) is 6.61 Å². The van der Waals surface area contributed by atoms with Gasteiger partial charge in [-0.25, -0.2) is 9.59 Å². The van der Waals surface area contributed by atoms with E-state index in [1.54, 1.807) is 0 Å². The van der Waals surface area contributed by atoms with Crippen LogP contribution < -0.4 is 5.32 Å². The van der Waals surface area contributed by atoms with Gasteiger partial charge in [0.1, 0.15) is 6.61 Å². The van der Waals surface area contributed by atoms with Gasteiger partial charge in [0.05, 0.1) is 13.2 Å². The maximum absolute atomic E-state index is 10.8. The molecular formula is C9H15NO4. The molecule has 0 bridgehead atoms. The van der Waals surface area contributed by atoms with Crippen LogP contribution in [0.5, 0.6) is 0 Å². The van der Waals surface area contributed by atoms with Gasteiger partial charge in [-0.1, -0.05) is 13.5 Å². The third-order valence-corrected chi connectivity index (χ3v) is 1.22. The molecule has 0 aromatic heterocycles. The average Bonchev–Trinajstić information content (AvgIpc) is 2.21. The number of hydrogen-bond acceptors (Lipinski definition) is 4. The Morgan fingerprint density at radius 1 is 1.36 bits per heavy atom. The van der Waals surface area contributed by atoms with Gasteiger partial charge in [0, 0.05) is 6.08 Å². The van der Waals surface area contributed by atoms with E-state index in [2.05, 4.69) is 16.6 Å². The molecule has 14 heavy (non-hydrogen) atoms. The SMILES string of the molecule is C=CC(=O)OCCNC(=O)OCCC. The third kappa shape index (κ3) is 7.15. The highest BCUT2D eigenvalue weighted by molar-refractivity contribution is 5.81. The number of carbonyl (C=O) groups is 2. The first-order valence-electron chi connectivity index (χ1n) is 4.40. The standard InChI is InChI=1S/C9H15NO4/c1-3-6-14-9(12)10-5-7-13-8(11)4-2/h4H,2-3,5-7H2,1H3,(H,10,12). The molecule has 0 aliphatic carbocycles. The first-order valence-corrected chi connectivity index (χ1v) is 4.40. The first kappa shape index (κ1) is 12.5. The Balaban J connectivity index is 3.31. The van der Waals surface area contributed by atoms with Crippen LogP contribution >= 0.6 is 0 Å². The maximum Gasteiger partial charge on any atom is 0.407 e. The van der Waals surface area contributed by atoms with Gasteiger partial charge in [0.15, 0.2) is 0 Å². The number of alkyl carbamates (subject to hydrolysis) is 1. The van der Waals surface area contributed by atoms with Crippen LogP contribution in [0.4, 0.5) is 4.79 Å². The van der Waals surface area contributed by atoms with E-state index in [1.807, 2.05) is 6.92 Å². The lowest BCUT2D eigenvalue weighted by molar-refractivity contribution is -0.137. The number of hydrogen-bond donors (Lipinski definition) is 1. The molecule has 0 saturated heterocycles. The smallest absolute Gasteiger partial charge is 0.407 e. The van der Waals surface area contributed by atoms with Crippen molar-refractivity contribution in [3.8, 4) is 0 Å². The summed E-state index contributed by atoms with van der Waals surface area (Å²) in [6.07, 6.45) is 1.34. The fourth-order valence-corrected chi connectivity index (χ4v) is 0.609. The number of ether oxygens (including phenoxy) is 2. The summed E-state index contributed by atoms with van der Waals surface area (Å²) >= 11 is 0. The maximum atomic E-state index is 10.8. The van der Waals surface area contributed by atoms with Crippen LogP contribution in [-0.4, -0.2) is 31.8 Å². The lowest BCUT2D eigenvalue weighted by atomic mass is 10.5. The Morgan fingerprint density at radius 2 is 2.07 bits per heavy atom. The number of rotatable bonds is 6. The normalized spacial score (nSPS) is 8.93. The summed E-state index contributed by atoms with van der Waals surface area (Å²) in [7, 11) is 0. The average molecular weight is 201 g/mol. The summed E-state index contributed by atoms with van der Waals surface area (Å²) in [5.74, 6) is -0.506. The second-order valence-corrected chi connectivity index (χ2v) is 2.43. The van der Waals surface area contributed by atoms with Crippen LogP contribution in [0.1, 0.15) is 13.3 Å². The number of nitrogens with one attached hydrogen (secondary N) is 1. The van der Waals surface area contributed by atoms with E-state index >= 15 is 0 Å². The second kappa shape index (κ2) is 8.10. The van der Waals surface area contributed by atoms with Crippen LogP contribution in [0.3, 0.4) is 0 Å². The van der Waals surface area contributed by atoms with Crippen molar-refractivity contribution in [2.45, 2.75) is 13.3 Å². The van der Waals surface area contributed by atoms with Gasteiger partial charge in [-0.2, -0.15) is 0 Å². The molecule has 0 aliphatic heterocycles. The van der Waals surface area contributed by atoms with E-state index in [4.69, 9.17) is 4.74 Å². The molecule has 80 valence electrons. The summed E-state index contributed by atoms with van der Waals surface area (Å²) in [5.41, 5.74) is 0. The summed E-state index contributed by atoms with van der Waals surface area (Å²) in [5, 5.41) is 2.42. The fraction of sp³-hybridized carbons (Fsp3) is 0.556. The molecule has 0 aliphatic rings. The second-order valence-electron chi connectivity index (χ2n) is 2.43. The van der Waals surface area contributed by atoms with Gasteiger partial charge in [-0.3, -0.25) is 0 Å². The van der Waals surface area contributed by atoms with Gasteiger partial charge in [-0.05, 0) is 6.42 Å². The van der Waals surface area contributed by atoms with E-state index in [1.165, 1.54) is 0 Å². The molecule has 1 amide bonds. The molecule has 0 unspecified atom stereocenters. The van der Waals surface area contributed by atoms with Crippen molar-refractivity contribution in [1.82, 2.24) is 5.32 Å². The minimum atomic E-state index is -0.506. The van der Waals surface area contributed by atoms with Crippen molar-refractivity contribution in [3.63, 3.8) is 0 Å². The molecule has 0 aromatic carbocycles. The van der Waals surface area contributed by atoms with Crippen molar-refractivity contribution in [2.24, 2.45) is 0 Å². The molecule has 5 heteroatoms. The Bertz CT molecular complexity index is 203. The van der Waals surface area contributed by atoms with E-state index in [9.17, 15) is 9.59 Å². The molecule has 0 spiro atoms. The van der Waals surface area contributed by atoms with Gasteiger partial charge >= 0.3 is 12.1 Å².